The van der Waals surface area contributed by atoms with E-state index in [0.717, 1.165) is 18.0 Å². The second kappa shape index (κ2) is 4.72. The van der Waals surface area contributed by atoms with Gasteiger partial charge in [0, 0.05) is 6.54 Å². The molecule has 1 saturated carbocycles. The number of halogens is 1. The van der Waals surface area contributed by atoms with Gasteiger partial charge in [-0.25, -0.2) is 4.39 Å². The number of aliphatic imine (C=N–C) groups is 1. The van der Waals surface area contributed by atoms with Gasteiger partial charge in [-0.2, -0.15) is 0 Å². The molecule has 1 heterocycles. The van der Waals surface area contributed by atoms with E-state index in [9.17, 15) is 4.39 Å². The molecule has 5 heteroatoms. The van der Waals surface area contributed by atoms with Crippen LogP contribution in [0.1, 0.15) is 24.4 Å². The number of rotatable bonds is 4. The van der Waals surface area contributed by atoms with Gasteiger partial charge in [0.15, 0.2) is 17.5 Å². The average Bonchev–Trinajstić information content (AvgIpc) is 3.14. The molecule has 2 N–H and O–H groups in total. The van der Waals surface area contributed by atoms with Crippen LogP contribution in [0.2, 0.25) is 0 Å². The lowest BCUT2D eigenvalue weighted by molar-refractivity contribution is 0.331. The zero-order valence-electron chi connectivity index (χ0n) is 11.0. The van der Waals surface area contributed by atoms with Gasteiger partial charge in [0.05, 0.1) is 19.7 Å². The molecule has 0 radical (unpaired) electrons. The van der Waals surface area contributed by atoms with Crippen LogP contribution in [0.3, 0.4) is 0 Å². The van der Waals surface area contributed by atoms with Crippen molar-refractivity contribution in [3.05, 3.63) is 29.6 Å². The fourth-order valence-electron chi connectivity index (χ4n) is 2.50. The van der Waals surface area contributed by atoms with Crippen LogP contribution in [0, 0.1) is 11.7 Å². The zero-order valence-corrected chi connectivity index (χ0v) is 11.0. The Morgan fingerprint density at radius 3 is 2.89 bits per heavy atom. The van der Waals surface area contributed by atoms with E-state index < -0.39 is 0 Å². The first-order valence-corrected chi connectivity index (χ1v) is 6.59. The highest BCUT2D eigenvalue weighted by Gasteiger charge is 2.33. The molecule has 4 nitrogen and oxygen atoms in total. The molecule has 0 saturated heterocycles. The third-order valence-electron chi connectivity index (χ3n) is 3.81. The Hall–Kier alpha value is -1.78. The molecule has 1 aromatic carbocycles. The first-order valence-electron chi connectivity index (χ1n) is 6.59. The van der Waals surface area contributed by atoms with Crippen molar-refractivity contribution in [1.29, 1.82) is 0 Å². The largest absolute Gasteiger partial charge is 0.494 e. The van der Waals surface area contributed by atoms with E-state index in [0.29, 0.717) is 12.5 Å². The van der Waals surface area contributed by atoms with Gasteiger partial charge in [-0.05, 0) is 36.5 Å². The van der Waals surface area contributed by atoms with E-state index in [-0.39, 0.29) is 17.6 Å². The minimum absolute atomic E-state index is 0.0565. The molecule has 1 aliphatic heterocycles. The fourth-order valence-corrected chi connectivity index (χ4v) is 2.50. The van der Waals surface area contributed by atoms with Crippen molar-refractivity contribution in [2.75, 3.05) is 20.2 Å². The van der Waals surface area contributed by atoms with Crippen LogP contribution in [0.4, 0.5) is 4.39 Å². The van der Waals surface area contributed by atoms with Crippen LogP contribution in [0.25, 0.3) is 0 Å². The quantitative estimate of drug-likeness (QED) is 0.903. The van der Waals surface area contributed by atoms with Gasteiger partial charge in [-0.3, -0.25) is 4.99 Å². The molecule has 0 amide bonds. The number of ether oxygens (including phenoxy) is 1. The van der Waals surface area contributed by atoms with E-state index in [1.165, 1.54) is 26.0 Å². The molecule has 102 valence electrons. The van der Waals surface area contributed by atoms with Crippen LogP contribution in [0.15, 0.2) is 23.2 Å². The molecule has 1 fully saturated rings. The van der Waals surface area contributed by atoms with E-state index >= 15 is 0 Å². The minimum atomic E-state index is -0.336. The van der Waals surface area contributed by atoms with E-state index in [4.69, 9.17) is 10.5 Å². The molecule has 0 aromatic heterocycles. The number of hydrogen-bond donors (Lipinski definition) is 1. The number of benzene rings is 1. The number of nitrogens with zero attached hydrogens (tertiary/aromatic N) is 2. The molecule has 1 unspecified atom stereocenters. The van der Waals surface area contributed by atoms with Gasteiger partial charge in [-0.1, -0.05) is 6.07 Å². The Kier molecular flexibility index (Phi) is 3.05. The predicted molar refractivity (Wildman–Crippen MR) is 71.6 cm³/mol. The van der Waals surface area contributed by atoms with Crippen molar-refractivity contribution in [3.63, 3.8) is 0 Å². The summed E-state index contributed by atoms with van der Waals surface area (Å²) in [5.74, 6) is 1.23. The summed E-state index contributed by atoms with van der Waals surface area (Å²) in [6.45, 7) is 1.53. The second-order valence-corrected chi connectivity index (χ2v) is 5.20. The normalized spacial score (nSPS) is 22.5. The van der Waals surface area contributed by atoms with Crippen molar-refractivity contribution in [2.24, 2.45) is 16.6 Å². The fraction of sp³-hybridized carbons (Fsp3) is 0.500. The minimum Gasteiger partial charge on any atom is -0.494 e. The van der Waals surface area contributed by atoms with Gasteiger partial charge in [0.25, 0.3) is 0 Å². The summed E-state index contributed by atoms with van der Waals surface area (Å²) in [5, 5.41) is 0. The van der Waals surface area contributed by atoms with Crippen molar-refractivity contribution in [2.45, 2.75) is 18.9 Å². The summed E-state index contributed by atoms with van der Waals surface area (Å²) in [5.41, 5.74) is 6.84. The molecule has 3 rings (SSSR count). The van der Waals surface area contributed by atoms with Gasteiger partial charge in [-0.15, -0.1) is 0 Å². The molecule has 1 aliphatic carbocycles. The highest BCUT2D eigenvalue weighted by molar-refractivity contribution is 5.80. The number of guanidine groups is 1. The molecule has 2 aliphatic rings. The third kappa shape index (κ3) is 2.37. The Morgan fingerprint density at radius 1 is 1.47 bits per heavy atom. The summed E-state index contributed by atoms with van der Waals surface area (Å²) in [7, 11) is 1.47. The van der Waals surface area contributed by atoms with Crippen molar-refractivity contribution in [1.82, 2.24) is 4.90 Å². The van der Waals surface area contributed by atoms with Gasteiger partial charge in [0.1, 0.15) is 0 Å². The first kappa shape index (κ1) is 12.3. The smallest absolute Gasteiger partial charge is 0.191 e. The molecule has 1 atom stereocenters. The third-order valence-corrected chi connectivity index (χ3v) is 3.81. The summed E-state index contributed by atoms with van der Waals surface area (Å²) in [4.78, 5) is 6.39. The molecule has 19 heavy (non-hydrogen) atoms. The summed E-state index contributed by atoms with van der Waals surface area (Å²) in [6, 6.07) is 5.13. The Morgan fingerprint density at radius 2 is 2.26 bits per heavy atom. The van der Waals surface area contributed by atoms with Gasteiger partial charge in [0.2, 0.25) is 0 Å². The number of nitrogens with two attached hydrogens (primary N) is 1. The lowest BCUT2D eigenvalue weighted by Crippen LogP contribution is -2.37. The Balaban J connectivity index is 1.82. The van der Waals surface area contributed by atoms with E-state index in [2.05, 4.69) is 9.89 Å². The summed E-state index contributed by atoms with van der Waals surface area (Å²) >= 11 is 0. The molecular formula is C14H18FN3O. The highest BCUT2D eigenvalue weighted by Crippen LogP contribution is 2.35. The summed E-state index contributed by atoms with van der Waals surface area (Å²) < 4.78 is 18.7. The maximum atomic E-state index is 13.8. The Bertz CT molecular complexity index is 513. The lowest BCUT2D eigenvalue weighted by Gasteiger charge is -2.26. The van der Waals surface area contributed by atoms with Crippen LogP contribution in [-0.4, -0.2) is 31.1 Å². The van der Waals surface area contributed by atoms with Crippen LogP contribution >= 0.6 is 0 Å². The van der Waals surface area contributed by atoms with Crippen LogP contribution < -0.4 is 10.5 Å². The summed E-state index contributed by atoms with van der Waals surface area (Å²) in [6.07, 6.45) is 2.51. The van der Waals surface area contributed by atoms with Crippen LogP contribution in [0.5, 0.6) is 5.75 Å². The standard InChI is InChI=1S/C14H18FN3O/c1-19-13-5-4-10(6-11(13)15)12-7-17-14(16)18(12)8-9-2-3-9/h4-6,9,12H,2-3,7-8H2,1H3,(H2,16,17). The maximum absolute atomic E-state index is 13.8. The number of methoxy groups -OCH3 is 1. The molecule has 0 spiro atoms. The molecular weight excluding hydrogens is 245 g/mol. The average molecular weight is 263 g/mol. The topological polar surface area (TPSA) is 50.9 Å². The molecule has 0 bridgehead atoms. The molecule has 1 aromatic rings. The second-order valence-electron chi connectivity index (χ2n) is 5.20. The van der Waals surface area contributed by atoms with Gasteiger partial charge < -0.3 is 15.4 Å². The lowest BCUT2D eigenvalue weighted by atomic mass is 10.1. The van der Waals surface area contributed by atoms with Crippen molar-refractivity contribution < 1.29 is 9.13 Å². The monoisotopic (exact) mass is 263 g/mol. The first-order chi connectivity index (χ1) is 9.19. The Labute approximate surface area is 112 Å². The van der Waals surface area contributed by atoms with Crippen LogP contribution in [-0.2, 0) is 0 Å². The van der Waals surface area contributed by atoms with Crippen molar-refractivity contribution >= 4 is 5.96 Å². The van der Waals surface area contributed by atoms with Gasteiger partial charge >= 0.3 is 0 Å². The maximum Gasteiger partial charge on any atom is 0.191 e. The zero-order chi connectivity index (χ0) is 13.4. The highest BCUT2D eigenvalue weighted by atomic mass is 19.1. The van der Waals surface area contributed by atoms with Crippen molar-refractivity contribution in [3.8, 4) is 5.75 Å². The predicted octanol–water partition coefficient (Wildman–Crippen LogP) is 1.92. The van der Waals surface area contributed by atoms with E-state index in [1.54, 1.807) is 6.07 Å². The number of hydrogen-bond acceptors (Lipinski definition) is 4. The SMILES string of the molecule is COc1ccc(C2CN=C(N)N2CC2CC2)cc1F. The van der Waals surface area contributed by atoms with E-state index in [1.807, 2.05) is 6.07 Å².